The van der Waals surface area contributed by atoms with E-state index >= 15 is 0 Å². The van der Waals surface area contributed by atoms with Crippen LogP contribution in [-0.2, 0) is 4.74 Å². The number of hydrogen-bond donors (Lipinski definition) is 2. The first-order valence-corrected chi connectivity index (χ1v) is 5.83. The molecule has 0 spiro atoms. The molecule has 1 saturated carbocycles. The van der Waals surface area contributed by atoms with Crippen LogP contribution < -0.4 is 10.6 Å². The van der Waals surface area contributed by atoms with Crippen molar-refractivity contribution in [2.24, 2.45) is 4.99 Å². The Morgan fingerprint density at radius 2 is 2.13 bits per heavy atom. The Morgan fingerprint density at radius 1 is 1.40 bits per heavy atom. The van der Waals surface area contributed by atoms with Crippen LogP contribution in [0.25, 0.3) is 0 Å². The van der Waals surface area contributed by atoms with Crippen molar-refractivity contribution in [1.29, 1.82) is 0 Å². The molecule has 0 radical (unpaired) electrons. The predicted octanol–water partition coefficient (Wildman–Crippen LogP) is 1.13. The summed E-state index contributed by atoms with van der Waals surface area (Å²) in [6.45, 7) is 1.72. The monoisotopic (exact) mass is 213 g/mol. The number of aliphatic imine (C=N–C) groups is 1. The van der Waals surface area contributed by atoms with Crippen molar-refractivity contribution in [3.05, 3.63) is 0 Å². The summed E-state index contributed by atoms with van der Waals surface area (Å²) in [5.74, 6) is 0.929. The smallest absolute Gasteiger partial charge is 0.191 e. The lowest BCUT2D eigenvalue weighted by atomic mass is 10.2. The minimum Gasteiger partial charge on any atom is -0.385 e. The molecule has 1 fully saturated rings. The van der Waals surface area contributed by atoms with Crippen LogP contribution in [0.5, 0.6) is 0 Å². The van der Waals surface area contributed by atoms with Gasteiger partial charge in [-0.2, -0.15) is 0 Å². The molecule has 0 atom stereocenters. The summed E-state index contributed by atoms with van der Waals surface area (Å²) in [7, 11) is 3.55. The normalized spacial score (nSPS) is 18.1. The third kappa shape index (κ3) is 5.02. The SMILES string of the molecule is CN=C(NCCCOC)NC1CCCC1. The lowest BCUT2D eigenvalue weighted by Crippen LogP contribution is -2.42. The Bertz CT molecular complexity index is 188. The molecule has 2 N–H and O–H groups in total. The van der Waals surface area contributed by atoms with E-state index < -0.39 is 0 Å². The second kappa shape index (κ2) is 7.51. The third-order valence-electron chi connectivity index (χ3n) is 2.74. The Hall–Kier alpha value is -0.770. The van der Waals surface area contributed by atoms with Crippen LogP contribution in [0.1, 0.15) is 32.1 Å². The maximum atomic E-state index is 4.99. The van der Waals surface area contributed by atoms with E-state index in [-0.39, 0.29) is 0 Å². The van der Waals surface area contributed by atoms with Crippen molar-refractivity contribution in [3.63, 3.8) is 0 Å². The molecule has 0 aromatic carbocycles. The highest BCUT2D eigenvalue weighted by atomic mass is 16.5. The first kappa shape index (κ1) is 12.3. The first-order valence-electron chi connectivity index (χ1n) is 5.83. The number of nitrogens with zero attached hydrogens (tertiary/aromatic N) is 1. The van der Waals surface area contributed by atoms with Gasteiger partial charge in [-0.25, -0.2) is 0 Å². The fourth-order valence-corrected chi connectivity index (χ4v) is 1.88. The number of ether oxygens (including phenoxy) is 1. The van der Waals surface area contributed by atoms with Crippen LogP contribution >= 0.6 is 0 Å². The number of methoxy groups -OCH3 is 1. The molecular formula is C11H23N3O. The standard InChI is InChI=1S/C11H23N3O/c1-12-11(13-8-5-9-15-2)14-10-6-3-4-7-10/h10H,3-9H2,1-2H3,(H2,12,13,14). The lowest BCUT2D eigenvalue weighted by molar-refractivity contribution is 0.195. The van der Waals surface area contributed by atoms with Crippen molar-refractivity contribution in [3.8, 4) is 0 Å². The van der Waals surface area contributed by atoms with Crippen LogP contribution in [-0.4, -0.2) is 39.3 Å². The highest BCUT2D eigenvalue weighted by molar-refractivity contribution is 5.79. The van der Waals surface area contributed by atoms with Crippen molar-refractivity contribution in [2.45, 2.75) is 38.1 Å². The van der Waals surface area contributed by atoms with Gasteiger partial charge >= 0.3 is 0 Å². The Labute approximate surface area is 92.5 Å². The minimum atomic E-state index is 0.624. The molecule has 1 aliphatic carbocycles. The van der Waals surface area contributed by atoms with Gasteiger partial charge in [0.15, 0.2) is 5.96 Å². The molecule has 0 saturated heterocycles. The molecule has 0 heterocycles. The number of guanidine groups is 1. The molecule has 0 aromatic heterocycles. The molecule has 4 nitrogen and oxygen atoms in total. The molecule has 1 rings (SSSR count). The summed E-state index contributed by atoms with van der Waals surface area (Å²) in [5, 5.41) is 6.73. The lowest BCUT2D eigenvalue weighted by Gasteiger charge is -2.16. The van der Waals surface area contributed by atoms with Gasteiger partial charge in [-0.05, 0) is 19.3 Å². The van der Waals surface area contributed by atoms with Gasteiger partial charge in [0.2, 0.25) is 0 Å². The zero-order chi connectivity index (χ0) is 10.9. The second-order valence-electron chi connectivity index (χ2n) is 3.97. The van der Waals surface area contributed by atoms with Crippen molar-refractivity contribution < 1.29 is 4.74 Å². The summed E-state index contributed by atoms with van der Waals surface area (Å²) < 4.78 is 4.99. The fourth-order valence-electron chi connectivity index (χ4n) is 1.88. The highest BCUT2D eigenvalue weighted by Gasteiger charge is 2.15. The Morgan fingerprint density at radius 3 is 2.73 bits per heavy atom. The molecule has 1 aliphatic rings. The van der Waals surface area contributed by atoms with Crippen LogP contribution in [0.2, 0.25) is 0 Å². The first-order chi connectivity index (χ1) is 7.36. The van der Waals surface area contributed by atoms with E-state index in [1.54, 1.807) is 7.11 Å². The van der Waals surface area contributed by atoms with Gasteiger partial charge in [0.1, 0.15) is 0 Å². The molecular weight excluding hydrogens is 190 g/mol. The van der Waals surface area contributed by atoms with Crippen molar-refractivity contribution in [2.75, 3.05) is 27.3 Å². The number of hydrogen-bond acceptors (Lipinski definition) is 2. The van der Waals surface area contributed by atoms with E-state index in [1.165, 1.54) is 25.7 Å². The average molecular weight is 213 g/mol. The van der Waals surface area contributed by atoms with E-state index in [9.17, 15) is 0 Å². The van der Waals surface area contributed by atoms with Crippen LogP contribution in [0.3, 0.4) is 0 Å². The van der Waals surface area contributed by atoms with E-state index in [0.717, 1.165) is 25.5 Å². The van der Waals surface area contributed by atoms with E-state index in [4.69, 9.17) is 4.74 Å². The number of rotatable bonds is 5. The van der Waals surface area contributed by atoms with Gasteiger partial charge < -0.3 is 15.4 Å². The zero-order valence-electron chi connectivity index (χ0n) is 9.88. The molecule has 0 amide bonds. The van der Waals surface area contributed by atoms with E-state index in [2.05, 4.69) is 15.6 Å². The molecule has 0 bridgehead atoms. The summed E-state index contributed by atoms with van der Waals surface area (Å²) in [6.07, 6.45) is 6.26. The summed E-state index contributed by atoms with van der Waals surface area (Å²) in [4.78, 5) is 4.20. The molecule has 0 aliphatic heterocycles. The largest absolute Gasteiger partial charge is 0.385 e. The van der Waals surface area contributed by atoms with Gasteiger partial charge in [-0.15, -0.1) is 0 Å². The Balaban J connectivity index is 2.12. The predicted molar refractivity (Wildman–Crippen MR) is 63.2 cm³/mol. The van der Waals surface area contributed by atoms with Crippen molar-refractivity contribution in [1.82, 2.24) is 10.6 Å². The van der Waals surface area contributed by atoms with Crippen LogP contribution in [0, 0.1) is 0 Å². The summed E-state index contributed by atoms with van der Waals surface area (Å²) >= 11 is 0. The maximum Gasteiger partial charge on any atom is 0.191 e. The molecule has 88 valence electrons. The van der Waals surface area contributed by atoms with Gasteiger partial charge in [-0.3, -0.25) is 4.99 Å². The van der Waals surface area contributed by atoms with Crippen LogP contribution in [0.15, 0.2) is 4.99 Å². The average Bonchev–Trinajstić information content (AvgIpc) is 2.75. The van der Waals surface area contributed by atoms with Gasteiger partial charge in [-0.1, -0.05) is 12.8 Å². The minimum absolute atomic E-state index is 0.624. The second-order valence-corrected chi connectivity index (χ2v) is 3.97. The molecule has 15 heavy (non-hydrogen) atoms. The number of nitrogens with one attached hydrogen (secondary N) is 2. The third-order valence-corrected chi connectivity index (χ3v) is 2.74. The quantitative estimate of drug-likeness (QED) is 0.409. The van der Waals surface area contributed by atoms with Gasteiger partial charge in [0, 0.05) is 33.4 Å². The van der Waals surface area contributed by atoms with E-state index in [1.807, 2.05) is 7.05 Å². The fraction of sp³-hybridized carbons (Fsp3) is 0.909. The van der Waals surface area contributed by atoms with Gasteiger partial charge in [0.05, 0.1) is 0 Å². The van der Waals surface area contributed by atoms with Crippen LogP contribution in [0.4, 0.5) is 0 Å². The molecule has 0 aromatic rings. The molecule has 4 heteroatoms. The Kier molecular flexibility index (Phi) is 6.16. The topological polar surface area (TPSA) is 45.7 Å². The summed E-state index contributed by atoms with van der Waals surface area (Å²) in [6, 6.07) is 0.624. The zero-order valence-corrected chi connectivity index (χ0v) is 9.88. The molecule has 0 unspecified atom stereocenters. The van der Waals surface area contributed by atoms with Crippen molar-refractivity contribution >= 4 is 5.96 Å². The summed E-state index contributed by atoms with van der Waals surface area (Å²) in [5.41, 5.74) is 0. The van der Waals surface area contributed by atoms with Gasteiger partial charge in [0.25, 0.3) is 0 Å². The highest BCUT2D eigenvalue weighted by Crippen LogP contribution is 2.17. The van der Waals surface area contributed by atoms with E-state index in [0.29, 0.717) is 6.04 Å². The maximum absolute atomic E-state index is 4.99.